The zero-order valence-electron chi connectivity index (χ0n) is 10.7. The molecule has 0 spiro atoms. The van der Waals surface area contributed by atoms with Crippen molar-refractivity contribution in [2.45, 2.75) is 12.8 Å². The highest BCUT2D eigenvalue weighted by Crippen LogP contribution is 2.20. The van der Waals surface area contributed by atoms with Crippen LogP contribution in [0.4, 0.5) is 0 Å². The molecule has 1 heterocycles. The summed E-state index contributed by atoms with van der Waals surface area (Å²) in [5.74, 6) is 0.419. The Labute approximate surface area is 109 Å². The molecule has 1 rings (SSSR count). The molecule has 1 fully saturated rings. The van der Waals surface area contributed by atoms with Gasteiger partial charge in [0.1, 0.15) is 0 Å². The second-order valence-electron chi connectivity index (χ2n) is 4.46. The quantitative estimate of drug-likeness (QED) is 0.607. The second-order valence-corrected chi connectivity index (χ2v) is 6.38. The molecule has 18 heavy (non-hydrogen) atoms. The van der Waals surface area contributed by atoms with Crippen LogP contribution in [0.5, 0.6) is 0 Å². The third-order valence-corrected chi connectivity index (χ3v) is 5.24. The molecule has 0 radical (unpaired) electrons. The molecule has 0 atom stereocenters. The fraction of sp³-hybridized carbons (Fsp3) is 0.818. The van der Waals surface area contributed by atoms with Crippen molar-refractivity contribution in [1.29, 1.82) is 0 Å². The van der Waals surface area contributed by atoms with Crippen molar-refractivity contribution in [3.8, 4) is 0 Å². The van der Waals surface area contributed by atoms with Crippen molar-refractivity contribution in [1.82, 2.24) is 8.61 Å². The molecule has 1 aliphatic heterocycles. The first-order valence-electron chi connectivity index (χ1n) is 6.23. The Kier molecular flexibility index (Phi) is 6.24. The van der Waals surface area contributed by atoms with Crippen molar-refractivity contribution in [2.24, 2.45) is 11.7 Å². The molecule has 0 aliphatic carbocycles. The van der Waals surface area contributed by atoms with Gasteiger partial charge in [-0.2, -0.15) is 17.0 Å². The highest BCUT2D eigenvalue weighted by atomic mass is 32.2. The molecule has 1 saturated heterocycles. The summed E-state index contributed by atoms with van der Waals surface area (Å²) in [4.78, 5) is 0. The van der Waals surface area contributed by atoms with Gasteiger partial charge in [0.05, 0.1) is 6.61 Å². The summed E-state index contributed by atoms with van der Waals surface area (Å²) < 4.78 is 27.4. The van der Waals surface area contributed by atoms with Crippen LogP contribution in [0.15, 0.2) is 12.7 Å². The molecule has 0 aromatic rings. The maximum absolute atomic E-state index is 12.3. The minimum atomic E-state index is -3.49. The summed E-state index contributed by atoms with van der Waals surface area (Å²) >= 11 is 0. The average Bonchev–Trinajstić information content (AvgIpc) is 2.38. The number of nitrogens with two attached hydrogens (primary N) is 1. The molecule has 0 saturated carbocycles. The van der Waals surface area contributed by atoms with Gasteiger partial charge in [0.15, 0.2) is 0 Å². The second kappa shape index (κ2) is 7.20. The third kappa shape index (κ3) is 3.76. The monoisotopic (exact) mass is 277 g/mol. The Bertz CT molecular complexity index is 351. The SMILES string of the molecule is C=CCN(CCO)S(=O)(=O)N1CCC(CN)CC1. The fourth-order valence-corrected chi connectivity index (χ4v) is 3.70. The summed E-state index contributed by atoms with van der Waals surface area (Å²) in [7, 11) is -3.49. The number of piperidine rings is 1. The van der Waals surface area contributed by atoms with Crippen molar-refractivity contribution in [2.75, 3.05) is 39.3 Å². The lowest BCUT2D eigenvalue weighted by atomic mass is 9.99. The molecule has 0 amide bonds. The van der Waals surface area contributed by atoms with Crippen LogP contribution >= 0.6 is 0 Å². The molecular weight excluding hydrogens is 254 g/mol. The van der Waals surface area contributed by atoms with Gasteiger partial charge >= 0.3 is 0 Å². The van der Waals surface area contributed by atoms with Gasteiger partial charge in [-0.15, -0.1) is 6.58 Å². The zero-order valence-corrected chi connectivity index (χ0v) is 11.5. The van der Waals surface area contributed by atoms with E-state index in [0.29, 0.717) is 25.6 Å². The summed E-state index contributed by atoms with van der Waals surface area (Å²) in [5, 5.41) is 8.93. The van der Waals surface area contributed by atoms with E-state index in [4.69, 9.17) is 10.8 Å². The number of rotatable bonds is 7. The lowest BCUT2D eigenvalue weighted by Gasteiger charge is -2.34. The van der Waals surface area contributed by atoms with E-state index in [2.05, 4.69) is 6.58 Å². The minimum absolute atomic E-state index is 0.102. The van der Waals surface area contributed by atoms with E-state index >= 15 is 0 Å². The van der Waals surface area contributed by atoms with Crippen LogP contribution in [0.25, 0.3) is 0 Å². The van der Waals surface area contributed by atoms with Gasteiger partial charge in [-0.1, -0.05) is 6.08 Å². The van der Waals surface area contributed by atoms with Crippen molar-refractivity contribution >= 4 is 10.2 Å². The maximum Gasteiger partial charge on any atom is 0.282 e. The highest BCUT2D eigenvalue weighted by Gasteiger charge is 2.31. The fourth-order valence-electron chi connectivity index (χ4n) is 2.10. The van der Waals surface area contributed by atoms with Gasteiger partial charge in [-0.05, 0) is 25.3 Å². The van der Waals surface area contributed by atoms with Crippen LogP contribution in [0, 0.1) is 5.92 Å². The molecule has 6 nitrogen and oxygen atoms in total. The third-order valence-electron chi connectivity index (χ3n) is 3.24. The van der Waals surface area contributed by atoms with Gasteiger partial charge in [0, 0.05) is 26.2 Å². The average molecular weight is 277 g/mol. The first-order valence-corrected chi connectivity index (χ1v) is 7.63. The normalized spacial score (nSPS) is 19.3. The number of hydrogen-bond donors (Lipinski definition) is 2. The van der Waals surface area contributed by atoms with Crippen LogP contribution in [0.1, 0.15) is 12.8 Å². The van der Waals surface area contributed by atoms with Gasteiger partial charge in [-0.25, -0.2) is 0 Å². The molecule has 0 aromatic carbocycles. The van der Waals surface area contributed by atoms with Crippen molar-refractivity contribution in [3.05, 3.63) is 12.7 Å². The Morgan fingerprint density at radius 3 is 2.50 bits per heavy atom. The van der Waals surface area contributed by atoms with E-state index in [-0.39, 0.29) is 19.7 Å². The molecule has 106 valence electrons. The molecule has 1 aliphatic rings. The Balaban J connectivity index is 2.69. The van der Waals surface area contributed by atoms with E-state index in [0.717, 1.165) is 12.8 Å². The molecule has 0 unspecified atom stereocenters. The Morgan fingerprint density at radius 1 is 1.44 bits per heavy atom. The predicted octanol–water partition coefficient (Wildman–Crippen LogP) is -0.618. The minimum Gasteiger partial charge on any atom is -0.395 e. The van der Waals surface area contributed by atoms with Gasteiger partial charge < -0.3 is 10.8 Å². The van der Waals surface area contributed by atoms with Crippen molar-refractivity contribution in [3.63, 3.8) is 0 Å². The molecular formula is C11H23N3O3S. The van der Waals surface area contributed by atoms with E-state index in [1.165, 1.54) is 14.7 Å². The van der Waals surface area contributed by atoms with Gasteiger partial charge in [-0.3, -0.25) is 0 Å². The standard InChI is InChI=1S/C11H23N3O3S/c1-2-5-13(8-9-15)18(16,17)14-6-3-11(10-12)4-7-14/h2,11,15H,1,3-10,12H2. The number of aliphatic hydroxyl groups is 1. The topological polar surface area (TPSA) is 86.9 Å². The number of nitrogens with zero attached hydrogens (tertiary/aromatic N) is 2. The van der Waals surface area contributed by atoms with Gasteiger partial charge in [0.25, 0.3) is 10.2 Å². The molecule has 3 N–H and O–H groups in total. The van der Waals surface area contributed by atoms with E-state index in [1.807, 2.05) is 0 Å². The zero-order chi connectivity index (χ0) is 13.6. The first-order chi connectivity index (χ1) is 8.56. The van der Waals surface area contributed by atoms with E-state index < -0.39 is 10.2 Å². The van der Waals surface area contributed by atoms with Crippen LogP contribution in [-0.2, 0) is 10.2 Å². The summed E-state index contributed by atoms with van der Waals surface area (Å²) in [6.07, 6.45) is 3.13. The number of aliphatic hydroxyl groups excluding tert-OH is 1. The van der Waals surface area contributed by atoms with Crippen LogP contribution < -0.4 is 5.73 Å². The van der Waals surface area contributed by atoms with Crippen LogP contribution in [-0.4, -0.2) is 61.5 Å². The van der Waals surface area contributed by atoms with Crippen molar-refractivity contribution < 1.29 is 13.5 Å². The smallest absolute Gasteiger partial charge is 0.282 e. The summed E-state index contributed by atoms with van der Waals surface area (Å²) in [6.45, 7) is 5.30. The molecule has 0 aromatic heterocycles. The van der Waals surface area contributed by atoms with Crippen LogP contribution in [0.3, 0.4) is 0 Å². The lowest BCUT2D eigenvalue weighted by molar-refractivity contribution is 0.233. The molecule has 7 heteroatoms. The maximum atomic E-state index is 12.3. The Morgan fingerprint density at radius 2 is 2.06 bits per heavy atom. The predicted molar refractivity (Wildman–Crippen MR) is 71.1 cm³/mol. The highest BCUT2D eigenvalue weighted by molar-refractivity contribution is 7.86. The lowest BCUT2D eigenvalue weighted by Crippen LogP contribution is -2.48. The van der Waals surface area contributed by atoms with E-state index in [1.54, 1.807) is 0 Å². The van der Waals surface area contributed by atoms with Gasteiger partial charge in [0.2, 0.25) is 0 Å². The summed E-state index contributed by atoms with van der Waals surface area (Å²) in [5.41, 5.74) is 5.59. The largest absolute Gasteiger partial charge is 0.395 e. The summed E-state index contributed by atoms with van der Waals surface area (Å²) in [6, 6.07) is 0. The molecule has 0 bridgehead atoms. The Hall–Kier alpha value is -0.470. The van der Waals surface area contributed by atoms with E-state index in [9.17, 15) is 8.42 Å². The number of hydrogen-bond acceptors (Lipinski definition) is 4. The van der Waals surface area contributed by atoms with Crippen LogP contribution in [0.2, 0.25) is 0 Å². The first kappa shape index (κ1) is 15.6.